The van der Waals surface area contributed by atoms with Crippen LogP contribution in [0.4, 0.5) is 0 Å². The van der Waals surface area contributed by atoms with E-state index in [1.165, 1.54) is 14.2 Å². The van der Waals surface area contributed by atoms with Crippen LogP contribution in [0.25, 0.3) is 10.9 Å². The van der Waals surface area contributed by atoms with E-state index in [0.29, 0.717) is 37.1 Å². The Hall–Kier alpha value is -2.25. The van der Waals surface area contributed by atoms with Gasteiger partial charge in [-0.25, -0.2) is 0 Å². The summed E-state index contributed by atoms with van der Waals surface area (Å²) < 4.78 is 24.1. The summed E-state index contributed by atoms with van der Waals surface area (Å²) in [7, 11) is -1.67. The second-order valence-corrected chi connectivity index (χ2v) is 24.8. The fourth-order valence-electron chi connectivity index (χ4n) is 5.58. The van der Waals surface area contributed by atoms with E-state index in [1.807, 2.05) is 24.3 Å². The molecule has 2 aromatic rings. The molecule has 2 atom stereocenters. The molecule has 0 fully saturated rings. The molecule has 2 N–H and O–H groups in total. The van der Waals surface area contributed by atoms with Gasteiger partial charge in [-0.05, 0) is 72.7 Å². The zero-order chi connectivity index (χ0) is 33.3. The van der Waals surface area contributed by atoms with Crippen molar-refractivity contribution in [3.8, 4) is 0 Å². The van der Waals surface area contributed by atoms with Crippen molar-refractivity contribution in [2.45, 2.75) is 109 Å². The number of aliphatic hydroxyl groups excluding tert-OH is 1. The fourth-order valence-corrected chi connectivity index (χ4v) is 7.59. The lowest BCUT2D eigenvalue weighted by Gasteiger charge is -2.42. The summed E-state index contributed by atoms with van der Waals surface area (Å²) in [6.45, 7) is 22.5. The van der Waals surface area contributed by atoms with E-state index in [2.05, 4.69) is 72.7 Å². The van der Waals surface area contributed by atoms with Gasteiger partial charge in [-0.1, -0.05) is 65.8 Å². The number of para-hydroxylation sites is 1. The fraction of sp³-hybridized carbons (Fsp3) is 0.647. The summed E-state index contributed by atoms with van der Waals surface area (Å²) >= 11 is 0. The van der Waals surface area contributed by atoms with Crippen LogP contribution in [0.5, 0.6) is 0 Å². The lowest BCUT2D eigenvalue weighted by molar-refractivity contribution is -0.165. The van der Waals surface area contributed by atoms with Crippen LogP contribution in [0, 0.1) is 5.92 Å². The van der Waals surface area contributed by atoms with E-state index in [9.17, 15) is 14.7 Å². The number of hydrogen-bond acceptors (Lipinski definition) is 7. The van der Waals surface area contributed by atoms with Crippen molar-refractivity contribution in [1.29, 1.82) is 0 Å². The quantitative estimate of drug-likeness (QED) is 0.117. The molecule has 1 aromatic heterocycles. The largest absolute Gasteiger partial charge is 0.468 e. The standard InChI is InChI=1S/C34H55NO7Si2/c1-32(2,3)43(9,10)41-20-19-26-25-15-13-14-16-28(25)35-29(26)34(30(37)39-7,31(38)40-8)27-18-17-24(36)21-23(27)22-42-44(11,12)33(4,5)6/h13-16,21,24,27,35-36H,17-20,22H2,1-12H3/t24-,27+/m1/s1. The number of rotatable bonds is 11. The molecule has 1 aliphatic carbocycles. The summed E-state index contributed by atoms with van der Waals surface area (Å²) in [5, 5.41) is 11.7. The molecule has 0 spiro atoms. The van der Waals surface area contributed by atoms with E-state index in [4.69, 9.17) is 18.3 Å². The van der Waals surface area contributed by atoms with Crippen LogP contribution in [0.3, 0.4) is 0 Å². The summed E-state index contributed by atoms with van der Waals surface area (Å²) in [5.41, 5.74) is 0.937. The molecule has 1 heterocycles. The Morgan fingerprint density at radius 3 is 1.98 bits per heavy atom. The molecule has 1 aromatic carbocycles. The van der Waals surface area contributed by atoms with Gasteiger partial charge in [0.2, 0.25) is 5.41 Å². The van der Waals surface area contributed by atoms with Gasteiger partial charge in [-0.15, -0.1) is 0 Å². The first-order chi connectivity index (χ1) is 20.2. The molecule has 0 amide bonds. The Balaban J connectivity index is 2.25. The number of nitrogens with one attached hydrogen (secondary N) is 1. The summed E-state index contributed by atoms with van der Waals surface area (Å²) in [4.78, 5) is 31.9. The number of benzene rings is 1. The lowest BCUT2D eigenvalue weighted by Crippen LogP contribution is -2.54. The average molecular weight is 646 g/mol. The molecule has 3 rings (SSSR count). The number of aromatic nitrogens is 1. The number of ether oxygens (including phenoxy) is 2. The molecule has 1 aliphatic rings. The predicted octanol–water partition coefficient (Wildman–Crippen LogP) is 7.04. The van der Waals surface area contributed by atoms with Gasteiger partial charge in [0.05, 0.1) is 26.9 Å². The number of methoxy groups -OCH3 is 2. The van der Waals surface area contributed by atoms with Crippen molar-refractivity contribution < 1.29 is 33.0 Å². The molecule has 44 heavy (non-hydrogen) atoms. The molecular formula is C34H55NO7Si2. The molecule has 0 radical (unpaired) electrons. The Kier molecular flexibility index (Phi) is 10.9. The number of esters is 2. The molecule has 0 saturated heterocycles. The van der Waals surface area contributed by atoms with Gasteiger partial charge in [-0.3, -0.25) is 9.59 Å². The molecular weight excluding hydrogens is 591 g/mol. The van der Waals surface area contributed by atoms with E-state index < -0.39 is 46.0 Å². The maximum atomic E-state index is 14.2. The number of hydrogen-bond donors (Lipinski definition) is 2. The van der Waals surface area contributed by atoms with E-state index >= 15 is 0 Å². The molecule has 246 valence electrons. The van der Waals surface area contributed by atoms with Gasteiger partial charge in [0.1, 0.15) is 0 Å². The number of carbonyl (C=O) groups excluding carboxylic acids is 2. The van der Waals surface area contributed by atoms with Gasteiger partial charge >= 0.3 is 11.9 Å². The van der Waals surface area contributed by atoms with Crippen molar-refractivity contribution in [3.05, 3.63) is 47.2 Å². The Labute approximate surface area is 266 Å². The molecule has 8 nitrogen and oxygen atoms in total. The van der Waals surface area contributed by atoms with Gasteiger partial charge in [0.15, 0.2) is 16.6 Å². The first-order valence-electron chi connectivity index (χ1n) is 15.7. The van der Waals surface area contributed by atoms with Gasteiger partial charge in [0, 0.05) is 29.1 Å². The highest BCUT2D eigenvalue weighted by atomic mass is 28.4. The lowest BCUT2D eigenvalue weighted by atomic mass is 9.64. The number of fused-ring (bicyclic) bond motifs is 1. The zero-order valence-corrected chi connectivity index (χ0v) is 31.0. The summed E-state index contributed by atoms with van der Waals surface area (Å²) in [6, 6.07) is 7.81. The Morgan fingerprint density at radius 2 is 1.43 bits per heavy atom. The van der Waals surface area contributed by atoms with Crippen LogP contribution in [0.15, 0.2) is 35.9 Å². The normalized spacial score (nSPS) is 18.7. The minimum atomic E-state index is -2.21. The van der Waals surface area contributed by atoms with Gasteiger partial charge < -0.3 is 28.4 Å². The number of aromatic amines is 1. The van der Waals surface area contributed by atoms with E-state index in [0.717, 1.165) is 16.5 Å². The highest BCUT2D eigenvalue weighted by molar-refractivity contribution is 6.74. The van der Waals surface area contributed by atoms with Crippen molar-refractivity contribution in [3.63, 3.8) is 0 Å². The smallest absolute Gasteiger partial charge is 0.330 e. The van der Waals surface area contributed by atoms with Crippen LogP contribution in [-0.4, -0.2) is 72.2 Å². The molecule has 0 bridgehead atoms. The number of aliphatic hydroxyl groups is 1. The third kappa shape index (κ3) is 6.94. The maximum absolute atomic E-state index is 14.2. The average Bonchev–Trinajstić information content (AvgIpc) is 3.30. The number of carbonyl (C=O) groups is 2. The molecule has 0 unspecified atom stereocenters. The van der Waals surface area contributed by atoms with Crippen molar-refractivity contribution in [2.24, 2.45) is 5.92 Å². The second kappa shape index (κ2) is 13.2. The minimum Gasteiger partial charge on any atom is -0.468 e. The third-order valence-corrected chi connectivity index (χ3v) is 19.4. The molecule has 0 aliphatic heterocycles. The topological polar surface area (TPSA) is 107 Å². The van der Waals surface area contributed by atoms with Gasteiger partial charge in [0.25, 0.3) is 0 Å². The molecule has 0 saturated carbocycles. The highest BCUT2D eigenvalue weighted by Gasteiger charge is 2.60. The maximum Gasteiger partial charge on any atom is 0.330 e. The third-order valence-electron chi connectivity index (χ3n) is 10.4. The van der Waals surface area contributed by atoms with Crippen molar-refractivity contribution in [2.75, 3.05) is 27.4 Å². The first kappa shape index (κ1) is 36.2. The Bertz CT molecular complexity index is 1350. The van der Waals surface area contributed by atoms with Crippen LogP contribution < -0.4 is 0 Å². The monoisotopic (exact) mass is 645 g/mol. The van der Waals surface area contributed by atoms with E-state index in [-0.39, 0.29) is 16.7 Å². The second-order valence-electron chi connectivity index (χ2n) is 15.2. The van der Waals surface area contributed by atoms with Crippen LogP contribution in [0.2, 0.25) is 36.3 Å². The van der Waals surface area contributed by atoms with Crippen molar-refractivity contribution in [1.82, 2.24) is 4.98 Å². The minimum absolute atomic E-state index is 0.0324. The van der Waals surface area contributed by atoms with Crippen molar-refractivity contribution >= 4 is 39.5 Å². The first-order valence-corrected chi connectivity index (χ1v) is 21.5. The van der Waals surface area contributed by atoms with Crippen LogP contribution in [0.1, 0.15) is 65.6 Å². The van der Waals surface area contributed by atoms with Crippen LogP contribution in [-0.2, 0) is 39.8 Å². The highest BCUT2D eigenvalue weighted by Crippen LogP contribution is 2.48. The van der Waals surface area contributed by atoms with Crippen LogP contribution >= 0.6 is 0 Å². The zero-order valence-electron chi connectivity index (χ0n) is 29.0. The molecule has 10 heteroatoms. The predicted molar refractivity (Wildman–Crippen MR) is 181 cm³/mol. The summed E-state index contributed by atoms with van der Waals surface area (Å²) in [6.07, 6.45) is 2.28. The van der Waals surface area contributed by atoms with Gasteiger partial charge in [-0.2, -0.15) is 0 Å². The van der Waals surface area contributed by atoms with E-state index in [1.54, 1.807) is 6.08 Å². The SMILES string of the molecule is COC(=O)C(C(=O)OC)(c1[nH]c2ccccc2c1CCO[Si](C)(C)C(C)(C)C)[C@H]1CC[C@@H](O)C=C1CO[Si](C)(C)C(C)(C)C. The summed E-state index contributed by atoms with van der Waals surface area (Å²) in [5.74, 6) is -2.08. The Morgan fingerprint density at radius 1 is 0.886 bits per heavy atom. The number of H-pyrrole nitrogens is 1.